The molecule has 0 aliphatic rings. The molecule has 0 aromatic carbocycles. The first-order valence-electron chi connectivity index (χ1n) is 6.10. The number of ketones is 1. The number of hydrogen-bond acceptors (Lipinski definition) is 3. The molecule has 16 heavy (non-hydrogen) atoms. The number of rotatable bonds is 6. The fourth-order valence-corrected chi connectivity index (χ4v) is 1.11. The van der Waals surface area contributed by atoms with Gasteiger partial charge >= 0.3 is 5.97 Å². The van der Waals surface area contributed by atoms with Gasteiger partial charge in [-0.2, -0.15) is 0 Å². The molecular weight excluding hydrogens is 204 g/mol. The second-order valence-corrected chi connectivity index (χ2v) is 3.83. The second-order valence-electron chi connectivity index (χ2n) is 3.83. The van der Waals surface area contributed by atoms with Gasteiger partial charge in [-0.05, 0) is 19.8 Å². The lowest BCUT2D eigenvalue weighted by atomic mass is 10.00. The van der Waals surface area contributed by atoms with Gasteiger partial charge in [-0.3, -0.25) is 4.79 Å². The van der Waals surface area contributed by atoms with Crippen molar-refractivity contribution in [2.45, 2.75) is 59.8 Å². The first-order chi connectivity index (χ1) is 7.53. The predicted octanol–water partition coefficient (Wildman–Crippen LogP) is 3.36. The lowest BCUT2D eigenvalue weighted by Crippen LogP contribution is -2.14. The third-order valence-corrected chi connectivity index (χ3v) is 2.43. The Balaban J connectivity index is 0. The highest BCUT2D eigenvalue weighted by Crippen LogP contribution is 2.13. The fraction of sp³-hybridized carbons (Fsp3) is 0.846. The molecule has 0 amide bonds. The van der Waals surface area contributed by atoms with E-state index in [1.165, 1.54) is 7.11 Å². The van der Waals surface area contributed by atoms with Crippen LogP contribution in [-0.2, 0) is 14.3 Å². The van der Waals surface area contributed by atoms with Gasteiger partial charge in [-0.1, -0.05) is 33.6 Å². The van der Waals surface area contributed by atoms with Gasteiger partial charge in [0.05, 0.1) is 13.0 Å². The van der Waals surface area contributed by atoms with Crippen molar-refractivity contribution < 1.29 is 14.3 Å². The van der Waals surface area contributed by atoms with Gasteiger partial charge < -0.3 is 9.53 Å². The van der Waals surface area contributed by atoms with E-state index in [1.54, 1.807) is 6.92 Å². The molecule has 3 nitrogen and oxygen atoms in total. The Morgan fingerprint density at radius 1 is 1.19 bits per heavy atom. The first kappa shape index (κ1) is 17.5. The van der Waals surface area contributed by atoms with Gasteiger partial charge in [0.25, 0.3) is 0 Å². The number of methoxy groups -OCH3 is 1. The Morgan fingerprint density at radius 3 is 1.94 bits per heavy atom. The summed E-state index contributed by atoms with van der Waals surface area (Å²) in [5.41, 5.74) is 0. The Hall–Kier alpha value is -0.860. The Kier molecular flexibility index (Phi) is 13.4. The summed E-state index contributed by atoms with van der Waals surface area (Å²) in [4.78, 5) is 20.8. The summed E-state index contributed by atoms with van der Waals surface area (Å²) in [6.45, 7) is 7.59. The molecule has 0 fully saturated rings. The van der Waals surface area contributed by atoms with Gasteiger partial charge in [0.2, 0.25) is 0 Å². The number of ether oxygens (including phenoxy) is 1. The molecule has 0 N–H and O–H groups in total. The van der Waals surface area contributed by atoms with Crippen molar-refractivity contribution in [3.8, 4) is 0 Å². The third-order valence-electron chi connectivity index (χ3n) is 2.43. The highest BCUT2D eigenvalue weighted by Gasteiger charge is 2.15. The van der Waals surface area contributed by atoms with Crippen molar-refractivity contribution in [1.82, 2.24) is 0 Å². The molecular formula is C13H26O3. The summed E-state index contributed by atoms with van der Waals surface area (Å²) in [5, 5.41) is 0. The largest absolute Gasteiger partial charge is 0.469 e. The van der Waals surface area contributed by atoms with Gasteiger partial charge in [0.15, 0.2) is 0 Å². The van der Waals surface area contributed by atoms with E-state index >= 15 is 0 Å². The zero-order valence-corrected chi connectivity index (χ0v) is 11.3. The summed E-state index contributed by atoms with van der Waals surface area (Å²) in [6.07, 6.45) is 4.80. The molecule has 0 aromatic heterocycles. The number of hydrogen-bond donors (Lipinski definition) is 0. The fourth-order valence-electron chi connectivity index (χ4n) is 1.11. The van der Waals surface area contributed by atoms with E-state index in [4.69, 9.17) is 0 Å². The standard InChI is InChI=1S/C9H18O2.C4H8O/c1-4-6-7-8(5-2)9(10)11-3;1-3-4(2)5/h8H,4-7H2,1-3H3;3H2,1-2H3. The molecule has 0 radical (unpaired) electrons. The summed E-state index contributed by atoms with van der Waals surface area (Å²) >= 11 is 0. The normalized spacial score (nSPS) is 11.1. The lowest BCUT2D eigenvalue weighted by molar-refractivity contribution is -0.145. The molecule has 1 unspecified atom stereocenters. The van der Waals surface area contributed by atoms with Gasteiger partial charge in [0.1, 0.15) is 5.78 Å². The van der Waals surface area contributed by atoms with E-state index < -0.39 is 0 Å². The van der Waals surface area contributed by atoms with Gasteiger partial charge in [0, 0.05) is 6.42 Å². The quantitative estimate of drug-likeness (QED) is 0.657. The van der Waals surface area contributed by atoms with Crippen molar-refractivity contribution >= 4 is 11.8 Å². The zero-order chi connectivity index (χ0) is 13.0. The van der Waals surface area contributed by atoms with Crippen molar-refractivity contribution in [2.24, 2.45) is 5.92 Å². The van der Waals surface area contributed by atoms with E-state index in [0.717, 1.165) is 25.7 Å². The molecule has 1 atom stereocenters. The highest BCUT2D eigenvalue weighted by molar-refractivity contribution is 5.74. The molecule has 0 spiro atoms. The first-order valence-corrected chi connectivity index (χ1v) is 6.10. The molecule has 0 aromatic rings. The summed E-state index contributed by atoms with van der Waals surface area (Å²) in [6, 6.07) is 0. The van der Waals surface area contributed by atoms with Gasteiger partial charge in [-0.15, -0.1) is 0 Å². The van der Waals surface area contributed by atoms with E-state index in [1.807, 2.05) is 13.8 Å². The van der Waals surface area contributed by atoms with Gasteiger partial charge in [-0.25, -0.2) is 0 Å². The molecule has 96 valence electrons. The predicted molar refractivity (Wildman–Crippen MR) is 66.3 cm³/mol. The molecule has 0 aliphatic heterocycles. The molecule has 0 heterocycles. The molecule has 0 bridgehead atoms. The lowest BCUT2D eigenvalue weighted by Gasteiger charge is -2.10. The summed E-state index contributed by atoms with van der Waals surface area (Å²) in [7, 11) is 1.46. The Labute approximate surface area is 99.6 Å². The van der Waals surface area contributed by atoms with Crippen LogP contribution in [0.3, 0.4) is 0 Å². The van der Waals surface area contributed by atoms with Crippen LogP contribution in [0.15, 0.2) is 0 Å². The van der Waals surface area contributed by atoms with Crippen LogP contribution >= 0.6 is 0 Å². The minimum Gasteiger partial charge on any atom is -0.469 e. The second kappa shape index (κ2) is 12.2. The highest BCUT2D eigenvalue weighted by atomic mass is 16.5. The monoisotopic (exact) mass is 230 g/mol. The van der Waals surface area contributed by atoms with Crippen molar-refractivity contribution in [3.05, 3.63) is 0 Å². The maximum Gasteiger partial charge on any atom is 0.308 e. The maximum absolute atomic E-state index is 11.0. The number of carbonyl (C=O) groups excluding carboxylic acids is 2. The average Bonchev–Trinajstić information content (AvgIpc) is 2.30. The van der Waals surface area contributed by atoms with Crippen LogP contribution in [0.4, 0.5) is 0 Å². The molecule has 3 heteroatoms. The smallest absolute Gasteiger partial charge is 0.308 e. The van der Waals surface area contributed by atoms with Crippen LogP contribution in [0, 0.1) is 5.92 Å². The van der Waals surface area contributed by atoms with E-state index in [9.17, 15) is 9.59 Å². The van der Waals surface area contributed by atoms with Crippen LogP contribution in [-0.4, -0.2) is 18.9 Å². The molecule has 0 aliphatic carbocycles. The number of unbranched alkanes of at least 4 members (excludes halogenated alkanes) is 1. The topological polar surface area (TPSA) is 43.4 Å². The maximum atomic E-state index is 11.0. The van der Waals surface area contributed by atoms with Crippen LogP contribution in [0.5, 0.6) is 0 Å². The summed E-state index contributed by atoms with van der Waals surface area (Å²) in [5.74, 6) is 0.325. The van der Waals surface area contributed by atoms with E-state index in [2.05, 4.69) is 11.7 Å². The Morgan fingerprint density at radius 2 is 1.69 bits per heavy atom. The van der Waals surface area contributed by atoms with Crippen molar-refractivity contribution in [1.29, 1.82) is 0 Å². The molecule has 0 saturated carbocycles. The van der Waals surface area contributed by atoms with Crippen molar-refractivity contribution in [2.75, 3.05) is 7.11 Å². The SMILES string of the molecule is CCC(C)=O.CCCCC(CC)C(=O)OC. The molecule has 0 rings (SSSR count). The van der Waals surface area contributed by atoms with Crippen LogP contribution < -0.4 is 0 Å². The van der Waals surface area contributed by atoms with Crippen LogP contribution in [0.25, 0.3) is 0 Å². The van der Waals surface area contributed by atoms with E-state index in [-0.39, 0.29) is 17.7 Å². The minimum absolute atomic E-state index is 0.0547. The van der Waals surface area contributed by atoms with Crippen LogP contribution in [0.1, 0.15) is 59.8 Å². The Bertz CT molecular complexity index is 188. The van der Waals surface area contributed by atoms with Crippen LogP contribution in [0.2, 0.25) is 0 Å². The number of esters is 1. The minimum atomic E-state index is -0.0547. The zero-order valence-electron chi connectivity index (χ0n) is 11.3. The molecule has 0 saturated heterocycles. The third kappa shape index (κ3) is 11.2. The average molecular weight is 230 g/mol. The number of carbonyl (C=O) groups is 2. The van der Waals surface area contributed by atoms with Crippen molar-refractivity contribution in [3.63, 3.8) is 0 Å². The number of Topliss-reactive ketones (excluding diaryl/α,β-unsaturated/α-hetero) is 1. The summed E-state index contributed by atoms with van der Waals surface area (Å²) < 4.78 is 4.66. The van der Waals surface area contributed by atoms with E-state index in [0.29, 0.717) is 6.42 Å².